The quantitative estimate of drug-likeness (QED) is 0.564. The molecule has 0 aliphatic carbocycles. The third kappa shape index (κ3) is 4.28. The van der Waals surface area contributed by atoms with Crippen LogP contribution >= 0.6 is 0 Å². The first kappa shape index (κ1) is 18.7. The van der Waals surface area contributed by atoms with Gasteiger partial charge in [0.1, 0.15) is 4.90 Å². The molecule has 134 valence electrons. The molecule has 0 saturated heterocycles. The van der Waals surface area contributed by atoms with Gasteiger partial charge in [0.15, 0.2) is 0 Å². The number of nitrogens with zero attached hydrogens (tertiary/aromatic N) is 2. The summed E-state index contributed by atoms with van der Waals surface area (Å²) >= 11 is 0. The number of carbonyl (C=O) groups is 1. The molecular weight excluding hydrogens is 350 g/mol. The van der Waals surface area contributed by atoms with Crippen molar-refractivity contribution in [1.82, 2.24) is 9.71 Å². The molecule has 2 aromatic rings. The van der Waals surface area contributed by atoms with Crippen LogP contribution < -0.4 is 4.72 Å². The number of aromatic nitrogens is 1. The van der Waals surface area contributed by atoms with E-state index in [-0.39, 0.29) is 34.3 Å². The fourth-order valence-corrected chi connectivity index (χ4v) is 4.00. The zero-order valence-electron chi connectivity index (χ0n) is 13.6. The summed E-state index contributed by atoms with van der Waals surface area (Å²) < 4.78 is 27.9. The van der Waals surface area contributed by atoms with Crippen LogP contribution in [0.4, 0.5) is 5.69 Å². The molecule has 0 spiro atoms. The number of nitro benzene ring substituents is 1. The summed E-state index contributed by atoms with van der Waals surface area (Å²) in [5.74, 6) is -1.03. The lowest BCUT2D eigenvalue weighted by Gasteiger charge is -2.25. The summed E-state index contributed by atoms with van der Waals surface area (Å²) in [5.41, 5.74) is -1.27. The number of nitrogens with one attached hydrogen (secondary N) is 1. The minimum Gasteiger partial charge on any atom is -0.481 e. The predicted octanol–water partition coefficient (Wildman–Crippen LogP) is 2.06. The van der Waals surface area contributed by atoms with Crippen LogP contribution in [0.15, 0.2) is 35.4 Å². The molecule has 0 atom stereocenters. The van der Waals surface area contributed by atoms with E-state index in [1.165, 1.54) is 18.3 Å². The molecule has 0 saturated carbocycles. The van der Waals surface area contributed by atoms with Gasteiger partial charge in [0.2, 0.25) is 10.0 Å². The Bertz CT molecular complexity index is 939. The average Bonchev–Trinajstić information content (AvgIpc) is 2.50. The van der Waals surface area contributed by atoms with Crippen LogP contribution in [0.1, 0.15) is 26.7 Å². The highest BCUT2D eigenvalue weighted by atomic mass is 32.2. The van der Waals surface area contributed by atoms with Crippen LogP contribution in [0.2, 0.25) is 0 Å². The number of benzene rings is 1. The molecule has 0 amide bonds. The predicted molar refractivity (Wildman–Crippen MR) is 89.7 cm³/mol. The third-order valence-corrected chi connectivity index (χ3v) is 5.30. The van der Waals surface area contributed by atoms with Crippen molar-refractivity contribution in [1.29, 1.82) is 0 Å². The van der Waals surface area contributed by atoms with Gasteiger partial charge in [-0.05, 0) is 38.5 Å². The van der Waals surface area contributed by atoms with Gasteiger partial charge in [0, 0.05) is 24.2 Å². The van der Waals surface area contributed by atoms with E-state index >= 15 is 0 Å². The monoisotopic (exact) mass is 367 g/mol. The standard InChI is InChI=1S/C15H17N3O6S/c1-15(2,8-7-13(19)20)17-25(23,24)12-6-5-11(18(21)22)10-4-3-9-16-14(10)12/h3-6,9,17H,7-8H2,1-2H3,(H,19,20). The first-order chi connectivity index (χ1) is 11.5. The van der Waals surface area contributed by atoms with Crippen LogP contribution in [0.25, 0.3) is 10.9 Å². The number of fused-ring (bicyclic) bond motifs is 1. The summed E-state index contributed by atoms with van der Waals surface area (Å²) in [6.07, 6.45) is 1.23. The number of carboxylic acid groups (broad SMARTS) is 1. The fraction of sp³-hybridized carbons (Fsp3) is 0.333. The SMILES string of the molecule is CC(C)(CCC(=O)O)NS(=O)(=O)c1ccc([N+](=O)[O-])c2cccnc12. The molecular formula is C15H17N3O6S. The van der Waals surface area contributed by atoms with Crippen molar-refractivity contribution in [2.24, 2.45) is 0 Å². The van der Waals surface area contributed by atoms with E-state index in [0.29, 0.717) is 0 Å². The molecule has 0 aliphatic rings. The molecule has 0 fully saturated rings. The molecule has 0 bridgehead atoms. The second-order valence-corrected chi connectivity index (χ2v) is 7.77. The lowest BCUT2D eigenvalue weighted by Crippen LogP contribution is -2.43. The van der Waals surface area contributed by atoms with Crippen LogP contribution in [0.5, 0.6) is 0 Å². The number of aliphatic carboxylic acids is 1. The van der Waals surface area contributed by atoms with E-state index in [0.717, 1.165) is 12.1 Å². The van der Waals surface area contributed by atoms with Gasteiger partial charge in [0.05, 0.1) is 15.8 Å². The van der Waals surface area contributed by atoms with E-state index in [4.69, 9.17) is 5.11 Å². The summed E-state index contributed by atoms with van der Waals surface area (Å²) in [6, 6.07) is 5.15. The van der Waals surface area contributed by atoms with Gasteiger partial charge in [-0.25, -0.2) is 13.1 Å². The van der Waals surface area contributed by atoms with Gasteiger partial charge in [-0.15, -0.1) is 0 Å². The topological polar surface area (TPSA) is 140 Å². The number of non-ortho nitro benzene ring substituents is 1. The van der Waals surface area contributed by atoms with E-state index in [1.54, 1.807) is 13.8 Å². The van der Waals surface area contributed by atoms with Gasteiger partial charge >= 0.3 is 5.97 Å². The normalized spacial score (nSPS) is 12.2. The molecule has 0 radical (unpaired) electrons. The second kappa shape index (κ2) is 6.73. The molecule has 9 nitrogen and oxygen atoms in total. The van der Waals surface area contributed by atoms with Gasteiger partial charge in [-0.1, -0.05) is 0 Å². The maximum atomic E-state index is 12.7. The largest absolute Gasteiger partial charge is 0.481 e. The molecule has 1 aromatic carbocycles. The average molecular weight is 367 g/mol. The van der Waals surface area contributed by atoms with Gasteiger partial charge in [0.25, 0.3) is 5.69 Å². The first-order valence-electron chi connectivity index (χ1n) is 7.31. The van der Waals surface area contributed by atoms with Gasteiger partial charge < -0.3 is 5.11 Å². The van der Waals surface area contributed by atoms with Crippen molar-refractivity contribution in [3.05, 3.63) is 40.6 Å². The highest BCUT2D eigenvalue weighted by Gasteiger charge is 2.29. The van der Waals surface area contributed by atoms with Crippen LogP contribution in [0, 0.1) is 10.1 Å². The second-order valence-electron chi connectivity index (χ2n) is 6.12. The lowest BCUT2D eigenvalue weighted by molar-refractivity contribution is -0.383. The molecule has 0 aliphatic heterocycles. The minimum atomic E-state index is -4.06. The Morgan fingerprint density at radius 2 is 2.04 bits per heavy atom. The van der Waals surface area contributed by atoms with Gasteiger partial charge in [-0.3, -0.25) is 19.9 Å². The minimum absolute atomic E-state index is 0.0155. The molecule has 1 aromatic heterocycles. The molecule has 2 N–H and O–H groups in total. The fourth-order valence-electron chi connectivity index (χ4n) is 2.40. The Morgan fingerprint density at radius 1 is 1.36 bits per heavy atom. The maximum Gasteiger partial charge on any atom is 0.303 e. The number of hydrogen-bond acceptors (Lipinski definition) is 6. The lowest BCUT2D eigenvalue weighted by atomic mass is 10.0. The molecule has 1 heterocycles. The Kier molecular flexibility index (Phi) is 5.04. The van der Waals surface area contributed by atoms with E-state index < -0.39 is 26.5 Å². The van der Waals surface area contributed by atoms with E-state index in [9.17, 15) is 23.3 Å². The Hall–Kier alpha value is -2.59. The van der Waals surface area contributed by atoms with Crippen LogP contribution in [-0.4, -0.2) is 34.9 Å². The molecule has 10 heteroatoms. The van der Waals surface area contributed by atoms with Crippen LogP contribution in [-0.2, 0) is 14.8 Å². The number of rotatable bonds is 7. The van der Waals surface area contributed by atoms with Crippen molar-refractivity contribution in [3.63, 3.8) is 0 Å². The number of sulfonamides is 1. The van der Waals surface area contributed by atoms with Crippen LogP contribution in [0.3, 0.4) is 0 Å². The highest BCUT2D eigenvalue weighted by molar-refractivity contribution is 7.89. The summed E-state index contributed by atoms with van der Waals surface area (Å²) in [6.45, 7) is 3.13. The number of carboxylic acids is 1. The smallest absolute Gasteiger partial charge is 0.303 e. The maximum absolute atomic E-state index is 12.7. The number of nitro groups is 1. The third-order valence-electron chi connectivity index (χ3n) is 3.57. The summed E-state index contributed by atoms with van der Waals surface area (Å²) in [4.78, 5) is 25.0. The van der Waals surface area contributed by atoms with E-state index in [1.807, 2.05) is 0 Å². The Labute approximate surface area is 143 Å². The number of hydrogen-bond donors (Lipinski definition) is 2. The zero-order valence-corrected chi connectivity index (χ0v) is 14.4. The molecule has 2 rings (SSSR count). The van der Waals surface area contributed by atoms with Crippen molar-refractivity contribution < 1.29 is 23.2 Å². The Balaban J connectivity index is 2.48. The summed E-state index contributed by atoms with van der Waals surface area (Å²) in [7, 11) is -4.06. The highest BCUT2D eigenvalue weighted by Crippen LogP contribution is 2.30. The number of pyridine rings is 1. The zero-order chi connectivity index (χ0) is 18.8. The first-order valence-corrected chi connectivity index (χ1v) is 8.80. The van der Waals surface area contributed by atoms with Crippen molar-refractivity contribution in [2.75, 3.05) is 0 Å². The van der Waals surface area contributed by atoms with Crippen molar-refractivity contribution in [2.45, 2.75) is 37.1 Å². The van der Waals surface area contributed by atoms with E-state index in [2.05, 4.69) is 9.71 Å². The van der Waals surface area contributed by atoms with Gasteiger partial charge in [-0.2, -0.15) is 0 Å². The molecule has 25 heavy (non-hydrogen) atoms. The Morgan fingerprint density at radius 3 is 2.64 bits per heavy atom. The van der Waals surface area contributed by atoms with Crippen molar-refractivity contribution >= 4 is 32.6 Å². The van der Waals surface area contributed by atoms with Crippen molar-refractivity contribution in [3.8, 4) is 0 Å². The summed E-state index contributed by atoms with van der Waals surface area (Å²) in [5, 5.41) is 20.0. The molecule has 0 unspecified atom stereocenters.